The Morgan fingerprint density at radius 3 is 2.42 bits per heavy atom. The molecule has 0 fully saturated rings. The minimum Gasteiger partial charge on any atom is -0.453 e. The number of carbonyl (C=O) groups is 2. The molecular formula is C27H23N3O3. The van der Waals surface area contributed by atoms with Crippen molar-refractivity contribution < 1.29 is 14.3 Å². The van der Waals surface area contributed by atoms with Gasteiger partial charge in [0.1, 0.15) is 6.10 Å². The van der Waals surface area contributed by atoms with E-state index in [1.54, 1.807) is 12.1 Å². The lowest BCUT2D eigenvalue weighted by Gasteiger charge is -2.11. The Morgan fingerprint density at radius 2 is 1.64 bits per heavy atom. The lowest BCUT2D eigenvalue weighted by Crippen LogP contribution is -2.24. The third kappa shape index (κ3) is 4.55. The minimum absolute atomic E-state index is 0.0849. The number of ether oxygens (including phenoxy) is 1. The van der Waals surface area contributed by atoms with Gasteiger partial charge in [-0.3, -0.25) is 9.48 Å². The Bertz CT molecular complexity index is 1280. The van der Waals surface area contributed by atoms with Gasteiger partial charge in [0.05, 0.1) is 24.2 Å². The normalized spacial score (nSPS) is 14.5. The van der Waals surface area contributed by atoms with Gasteiger partial charge in [0.2, 0.25) is 5.91 Å². The number of cyclic esters (lactones) is 1. The van der Waals surface area contributed by atoms with Crippen LogP contribution in [0.4, 0.5) is 0 Å². The van der Waals surface area contributed by atoms with Crippen molar-refractivity contribution in [2.45, 2.75) is 25.6 Å². The molecule has 3 aromatic carbocycles. The number of hydrogen-bond acceptors (Lipinski definition) is 4. The Kier molecular flexibility index (Phi) is 5.72. The Morgan fingerprint density at radius 1 is 0.939 bits per heavy atom. The maximum absolute atomic E-state index is 12.7. The Labute approximate surface area is 191 Å². The molecule has 6 nitrogen and oxygen atoms in total. The number of amides is 1. The van der Waals surface area contributed by atoms with E-state index in [4.69, 9.17) is 9.84 Å². The zero-order valence-electron chi connectivity index (χ0n) is 18.0. The molecule has 1 atom stereocenters. The first-order valence-corrected chi connectivity index (χ1v) is 10.9. The molecule has 1 aromatic heterocycles. The number of aromatic nitrogens is 2. The van der Waals surface area contributed by atoms with Crippen LogP contribution in [0.5, 0.6) is 0 Å². The maximum Gasteiger partial charge on any atom is 0.339 e. The SMILES string of the molecule is O=C(C[C@H]1OC(=O)c2ccccc21)NCc1cn(Cc2ccccc2)nc1-c1ccccc1. The molecule has 1 amide bonds. The van der Waals surface area contributed by atoms with Crippen molar-refractivity contribution in [2.75, 3.05) is 0 Å². The van der Waals surface area contributed by atoms with Gasteiger partial charge in [-0.25, -0.2) is 4.79 Å². The molecule has 6 heteroatoms. The number of nitrogens with one attached hydrogen (secondary N) is 1. The van der Waals surface area contributed by atoms with E-state index in [9.17, 15) is 9.59 Å². The highest BCUT2D eigenvalue weighted by atomic mass is 16.5. The Balaban J connectivity index is 1.31. The predicted molar refractivity (Wildman–Crippen MR) is 124 cm³/mol. The monoisotopic (exact) mass is 437 g/mol. The van der Waals surface area contributed by atoms with Crippen molar-refractivity contribution >= 4 is 11.9 Å². The summed E-state index contributed by atoms with van der Waals surface area (Å²) in [6.07, 6.45) is 1.50. The first kappa shape index (κ1) is 20.7. The third-order valence-electron chi connectivity index (χ3n) is 5.70. The standard InChI is InChI=1S/C27H23N3O3/c31-25(15-24-22-13-7-8-14-23(22)27(32)33-24)28-16-21-18-30(17-19-9-3-1-4-10-19)29-26(21)20-11-5-2-6-12-20/h1-14,18,24H,15-17H2,(H,28,31)/t24-/m1/s1. The third-order valence-corrected chi connectivity index (χ3v) is 5.70. The van der Waals surface area contributed by atoms with Crippen LogP contribution in [0.15, 0.2) is 91.1 Å². The molecule has 0 saturated carbocycles. The van der Waals surface area contributed by atoms with Gasteiger partial charge in [0.25, 0.3) is 0 Å². The summed E-state index contributed by atoms with van der Waals surface area (Å²) < 4.78 is 7.30. The van der Waals surface area contributed by atoms with E-state index in [-0.39, 0.29) is 18.3 Å². The summed E-state index contributed by atoms with van der Waals surface area (Å²) in [5, 5.41) is 7.77. The van der Waals surface area contributed by atoms with Crippen LogP contribution in [-0.2, 0) is 22.6 Å². The first-order chi connectivity index (χ1) is 16.2. The maximum atomic E-state index is 12.7. The van der Waals surface area contributed by atoms with Crippen molar-refractivity contribution in [3.05, 3.63) is 113 Å². The van der Waals surface area contributed by atoms with Gasteiger partial charge in [-0.15, -0.1) is 0 Å². The smallest absolute Gasteiger partial charge is 0.339 e. The fourth-order valence-corrected chi connectivity index (χ4v) is 4.09. The molecule has 164 valence electrons. The molecule has 0 aliphatic carbocycles. The van der Waals surface area contributed by atoms with Gasteiger partial charge in [0.15, 0.2) is 0 Å². The molecule has 0 bridgehead atoms. The molecule has 0 radical (unpaired) electrons. The summed E-state index contributed by atoms with van der Waals surface area (Å²) in [5.74, 6) is -0.559. The van der Waals surface area contributed by atoms with Gasteiger partial charge in [0, 0.05) is 29.4 Å². The average Bonchev–Trinajstić information content (AvgIpc) is 3.40. The van der Waals surface area contributed by atoms with E-state index in [1.807, 2.05) is 71.5 Å². The Hall–Kier alpha value is -4.19. The summed E-state index contributed by atoms with van der Waals surface area (Å²) in [6, 6.07) is 27.2. The first-order valence-electron chi connectivity index (χ1n) is 10.9. The van der Waals surface area contributed by atoms with Gasteiger partial charge in [-0.05, 0) is 11.6 Å². The van der Waals surface area contributed by atoms with Crippen LogP contribution in [0.25, 0.3) is 11.3 Å². The number of nitrogens with zero attached hydrogens (tertiary/aromatic N) is 2. The molecule has 4 aromatic rings. The fraction of sp³-hybridized carbons (Fsp3) is 0.148. The van der Waals surface area contributed by atoms with Gasteiger partial charge in [-0.1, -0.05) is 78.9 Å². The second-order valence-corrected chi connectivity index (χ2v) is 8.01. The molecule has 5 rings (SSSR count). The van der Waals surface area contributed by atoms with Crippen molar-refractivity contribution in [1.29, 1.82) is 0 Å². The molecule has 2 heterocycles. The van der Waals surface area contributed by atoms with Crippen LogP contribution in [-0.4, -0.2) is 21.7 Å². The molecule has 1 aliphatic rings. The van der Waals surface area contributed by atoms with E-state index in [0.29, 0.717) is 18.7 Å². The van der Waals surface area contributed by atoms with E-state index in [1.165, 1.54) is 0 Å². The molecule has 1 N–H and O–H groups in total. The fourth-order valence-electron chi connectivity index (χ4n) is 4.09. The average molecular weight is 437 g/mol. The van der Waals surface area contributed by atoms with Crippen LogP contribution >= 0.6 is 0 Å². The van der Waals surface area contributed by atoms with Crippen molar-refractivity contribution in [3.8, 4) is 11.3 Å². The minimum atomic E-state index is -0.553. The lowest BCUT2D eigenvalue weighted by molar-refractivity contribution is -0.123. The van der Waals surface area contributed by atoms with Crippen molar-refractivity contribution in [2.24, 2.45) is 0 Å². The largest absolute Gasteiger partial charge is 0.453 e. The van der Waals surface area contributed by atoms with Crippen molar-refractivity contribution in [1.82, 2.24) is 15.1 Å². The highest BCUT2D eigenvalue weighted by molar-refractivity contribution is 5.94. The van der Waals surface area contributed by atoms with Gasteiger partial charge < -0.3 is 10.1 Å². The number of esters is 1. The summed E-state index contributed by atoms with van der Waals surface area (Å²) in [7, 11) is 0. The van der Waals surface area contributed by atoms with Crippen LogP contribution in [0.2, 0.25) is 0 Å². The number of hydrogen-bond donors (Lipinski definition) is 1. The summed E-state index contributed by atoms with van der Waals surface area (Å²) in [6.45, 7) is 0.976. The van der Waals surface area contributed by atoms with Crippen LogP contribution in [0.3, 0.4) is 0 Å². The topological polar surface area (TPSA) is 73.2 Å². The zero-order valence-corrected chi connectivity index (χ0v) is 18.0. The highest BCUT2D eigenvalue weighted by Gasteiger charge is 2.32. The highest BCUT2D eigenvalue weighted by Crippen LogP contribution is 2.32. The van der Waals surface area contributed by atoms with Crippen LogP contribution in [0, 0.1) is 0 Å². The molecule has 1 aliphatic heterocycles. The molecule has 0 unspecified atom stereocenters. The van der Waals surface area contributed by atoms with Gasteiger partial charge in [-0.2, -0.15) is 5.10 Å². The van der Waals surface area contributed by atoms with E-state index in [0.717, 1.165) is 27.9 Å². The number of benzene rings is 3. The van der Waals surface area contributed by atoms with Crippen molar-refractivity contribution in [3.63, 3.8) is 0 Å². The summed E-state index contributed by atoms with van der Waals surface area (Å²) in [4.78, 5) is 24.7. The molecule has 0 saturated heterocycles. The second kappa shape index (κ2) is 9.12. The quantitative estimate of drug-likeness (QED) is 0.432. The number of carbonyl (C=O) groups excluding carboxylic acids is 2. The predicted octanol–water partition coefficient (Wildman–Crippen LogP) is 4.52. The number of fused-ring (bicyclic) bond motifs is 1. The summed E-state index contributed by atoms with van der Waals surface area (Å²) >= 11 is 0. The number of rotatable bonds is 7. The lowest BCUT2D eigenvalue weighted by atomic mass is 10.0. The van der Waals surface area contributed by atoms with Crippen LogP contribution < -0.4 is 5.32 Å². The second-order valence-electron chi connectivity index (χ2n) is 8.01. The molecule has 0 spiro atoms. The zero-order chi connectivity index (χ0) is 22.6. The molecule has 33 heavy (non-hydrogen) atoms. The molecular weight excluding hydrogens is 414 g/mol. The van der Waals surface area contributed by atoms with E-state index >= 15 is 0 Å². The van der Waals surface area contributed by atoms with Gasteiger partial charge >= 0.3 is 5.97 Å². The van der Waals surface area contributed by atoms with E-state index in [2.05, 4.69) is 17.4 Å². The summed E-state index contributed by atoms with van der Waals surface area (Å²) in [5.41, 5.74) is 5.20. The van der Waals surface area contributed by atoms with Crippen LogP contribution in [0.1, 0.15) is 39.6 Å². The van der Waals surface area contributed by atoms with E-state index < -0.39 is 6.10 Å².